The molecule has 2 fully saturated rings. The van der Waals surface area contributed by atoms with E-state index in [1.807, 2.05) is 6.08 Å². The van der Waals surface area contributed by atoms with Gasteiger partial charge in [-0.05, 0) is 87.9 Å². The normalized spacial score (nSPS) is 30.7. The summed E-state index contributed by atoms with van der Waals surface area (Å²) in [5.74, 6) is 3.64. The minimum absolute atomic E-state index is 0.841. The van der Waals surface area contributed by atoms with E-state index in [1.165, 1.54) is 83.5 Å². The smallest absolute Gasteiger partial charge is 0.0908 e. The Morgan fingerprint density at radius 3 is 1.88 bits per heavy atom. The highest BCUT2D eigenvalue weighted by molar-refractivity contribution is 5.01. The van der Waals surface area contributed by atoms with Crippen molar-refractivity contribution in [2.24, 2.45) is 23.7 Å². The van der Waals surface area contributed by atoms with Crippen molar-refractivity contribution < 1.29 is 0 Å². The van der Waals surface area contributed by atoms with Gasteiger partial charge in [-0.15, -0.1) is 0 Å². The quantitative estimate of drug-likeness (QED) is 0.241. The van der Waals surface area contributed by atoms with Gasteiger partial charge in [-0.3, -0.25) is 0 Å². The first kappa shape index (κ1) is 20.3. The van der Waals surface area contributed by atoms with Crippen LogP contribution in [0.5, 0.6) is 0 Å². The van der Waals surface area contributed by atoms with Crippen LogP contribution in [0.2, 0.25) is 0 Å². The number of nitrogens with zero attached hydrogens (tertiary/aromatic N) is 1. The van der Waals surface area contributed by atoms with Crippen LogP contribution in [0.3, 0.4) is 0 Å². The van der Waals surface area contributed by atoms with Crippen molar-refractivity contribution in [3.8, 4) is 6.07 Å². The van der Waals surface area contributed by atoms with E-state index in [1.54, 1.807) is 6.08 Å². The zero-order chi connectivity index (χ0) is 17.7. The number of unbranched alkanes of at least 4 members (excludes halogenated alkanes) is 2. The summed E-state index contributed by atoms with van der Waals surface area (Å²) in [6, 6.07) is 2.09. The van der Waals surface area contributed by atoms with Crippen molar-refractivity contribution in [3.63, 3.8) is 0 Å². The number of hydrogen-bond acceptors (Lipinski definition) is 1. The molecule has 140 valence electrons. The van der Waals surface area contributed by atoms with Crippen LogP contribution in [0.25, 0.3) is 0 Å². The van der Waals surface area contributed by atoms with Gasteiger partial charge >= 0.3 is 0 Å². The van der Waals surface area contributed by atoms with Gasteiger partial charge in [-0.2, -0.15) is 5.26 Å². The van der Waals surface area contributed by atoms with Crippen molar-refractivity contribution in [1.29, 1.82) is 5.26 Å². The van der Waals surface area contributed by atoms with Crippen LogP contribution in [-0.2, 0) is 0 Å². The number of rotatable bonds is 9. The molecular formula is C24H39N. The summed E-state index contributed by atoms with van der Waals surface area (Å²) in [4.78, 5) is 0. The molecule has 0 spiro atoms. The van der Waals surface area contributed by atoms with Crippen molar-refractivity contribution in [2.45, 2.75) is 96.8 Å². The molecule has 0 atom stereocenters. The molecule has 0 aliphatic heterocycles. The first-order valence-electron chi connectivity index (χ1n) is 11.0. The summed E-state index contributed by atoms with van der Waals surface area (Å²) in [5, 5.41) is 8.52. The van der Waals surface area contributed by atoms with Gasteiger partial charge < -0.3 is 0 Å². The van der Waals surface area contributed by atoms with Gasteiger partial charge in [0, 0.05) is 6.08 Å². The molecule has 25 heavy (non-hydrogen) atoms. The highest BCUT2D eigenvalue weighted by Crippen LogP contribution is 2.35. The minimum Gasteiger partial charge on any atom is -0.193 e. The summed E-state index contributed by atoms with van der Waals surface area (Å²) in [5.41, 5.74) is 0. The van der Waals surface area contributed by atoms with Gasteiger partial charge in [0.25, 0.3) is 0 Å². The lowest BCUT2D eigenvalue weighted by molar-refractivity contribution is 0.283. The molecule has 0 aromatic heterocycles. The monoisotopic (exact) mass is 341 g/mol. The standard InChI is InChI=1S/C24H39N/c1-2-3-5-8-21-10-14-23(15-11-21)18-19-24-16-12-22(13-17-24)9-6-4-7-20-25/h4,7,18-19,21-24H,2-3,5-6,8-17H2,1H3. The van der Waals surface area contributed by atoms with Crippen LogP contribution in [-0.4, -0.2) is 0 Å². The minimum atomic E-state index is 0.841. The third-order valence-corrected chi connectivity index (χ3v) is 6.59. The fourth-order valence-corrected chi connectivity index (χ4v) is 4.80. The second-order valence-corrected chi connectivity index (χ2v) is 8.55. The SMILES string of the molecule is CCCCCC1CCC(C=CC2CCC(CCC=CC#N)CC2)CC1. The molecule has 0 heterocycles. The second-order valence-electron chi connectivity index (χ2n) is 8.55. The molecule has 0 N–H and O–H groups in total. The van der Waals surface area contributed by atoms with E-state index >= 15 is 0 Å². The maximum atomic E-state index is 8.52. The van der Waals surface area contributed by atoms with E-state index in [2.05, 4.69) is 25.1 Å². The molecule has 0 radical (unpaired) electrons. The average molecular weight is 342 g/mol. The van der Waals surface area contributed by atoms with Gasteiger partial charge in [-0.1, -0.05) is 50.8 Å². The maximum absolute atomic E-state index is 8.52. The Morgan fingerprint density at radius 1 is 0.800 bits per heavy atom. The average Bonchev–Trinajstić information content (AvgIpc) is 2.66. The molecule has 0 saturated heterocycles. The summed E-state index contributed by atoms with van der Waals surface area (Å²) in [6.07, 6.45) is 28.3. The molecule has 2 aliphatic rings. The molecule has 1 nitrogen and oxygen atoms in total. The van der Waals surface area contributed by atoms with Crippen LogP contribution in [0.1, 0.15) is 96.8 Å². The molecule has 2 saturated carbocycles. The lowest BCUT2D eigenvalue weighted by Gasteiger charge is -2.29. The highest BCUT2D eigenvalue weighted by Gasteiger charge is 2.21. The van der Waals surface area contributed by atoms with E-state index in [4.69, 9.17) is 5.26 Å². The summed E-state index contributed by atoms with van der Waals surface area (Å²) in [7, 11) is 0. The number of hydrogen-bond donors (Lipinski definition) is 0. The molecule has 0 aromatic carbocycles. The van der Waals surface area contributed by atoms with Crippen molar-refractivity contribution in [3.05, 3.63) is 24.3 Å². The lowest BCUT2D eigenvalue weighted by Crippen LogP contribution is -2.15. The zero-order valence-corrected chi connectivity index (χ0v) is 16.5. The Morgan fingerprint density at radius 2 is 1.36 bits per heavy atom. The van der Waals surface area contributed by atoms with Gasteiger partial charge in [0.2, 0.25) is 0 Å². The maximum Gasteiger partial charge on any atom is 0.0908 e. The molecule has 2 rings (SSSR count). The molecule has 0 unspecified atom stereocenters. The second kappa shape index (κ2) is 12.3. The van der Waals surface area contributed by atoms with Gasteiger partial charge in [-0.25, -0.2) is 0 Å². The Balaban J connectivity index is 1.57. The number of nitriles is 1. The van der Waals surface area contributed by atoms with Gasteiger partial charge in [0.1, 0.15) is 0 Å². The molecule has 0 amide bonds. The van der Waals surface area contributed by atoms with Crippen LogP contribution < -0.4 is 0 Å². The van der Waals surface area contributed by atoms with E-state index in [0.717, 1.165) is 30.1 Å². The molecule has 1 heteroatoms. The predicted octanol–water partition coefficient (Wildman–Crippen LogP) is 7.60. The van der Waals surface area contributed by atoms with E-state index in [9.17, 15) is 0 Å². The fraction of sp³-hybridized carbons (Fsp3) is 0.792. The molecule has 0 bridgehead atoms. The topological polar surface area (TPSA) is 23.8 Å². The van der Waals surface area contributed by atoms with Gasteiger partial charge in [0.05, 0.1) is 6.07 Å². The molecular weight excluding hydrogens is 302 g/mol. The third-order valence-electron chi connectivity index (χ3n) is 6.59. The molecule has 2 aliphatic carbocycles. The zero-order valence-electron chi connectivity index (χ0n) is 16.5. The third kappa shape index (κ3) is 8.26. The van der Waals surface area contributed by atoms with Crippen molar-refractivity contribution in [2.75, 3.05) is 0 Å². The van der Waals surface area contributed by atoms with Crippen LogP contribution in [0.4, 0.5) is 0 Å². The highest BCUT2D eigenvalue weighted by atomic mass is 14.3. The van der Waals surface area contributed by atoms with Crippen molar-refractivity contribution >= 4 is 0 Å². The van der Waals surface area contributed by atoms with Gasteiger partial charge in [0.15, 0.2) is 0 Å². The Hall–Kier alpha value is -1.03. The Bertz CT molecular complexity index is 426. The van der Waals surface area contributed by atoms with E-state index in [0.29, 0.717) is 0 Å². The van der Waals surface area contributed by atoms with E-state index in [-0.39, 0.29) is 0 Å². The number of allylic oxidation sites excluding steroid dienone is 4. The van der Waals surface area contributed by atoms with Crippen LogP contribution >= 0.6 is 0 Å². The van der Waals surface area contributed by atoms with Crippen molar-refractivity contribution in [1.82, 2.24) is 0 Å². The van der Waals surface area contributed by atoms with Crippen LogP contribution in [0, 0.1) is 35.0 Å². The first-order chi connectivity index (χ1) is 12.3. The summed E-state index contributed by atoms with van der Waals surface area (Å²) >= 11 is 0. The summed E-state index contributed by atoms with van der Waals surface area (Å²) < 4.78 is 0. The lowest BCUT2D eigenvalue weighted by atomic mass is 9.77. The summed E-state index contributed by atoms with van der Waals surface area (Å²) in [6.45, 7) is 2.31. The van der Waals surface area contributed by atoms with E-state index < -0.39 is 0 Å². The largest absolute Gasteiger partial charge is 0.193 e. The Labute approximate surface area is 156 Å². The molecule has 0 aromatic rings. The van der Waals surface area contributed by atoms with Crippen LogP contribution in [0.15, 0.2) is 24.3 Å². The Kier molecular flexibility index (Phi) is 10.0. The fourth-order valence-electron chi connectivity index (χ4n) is 4.80. The first-order valence-corrected chi connectivity index (χ1v) is 11.0. The predicted molar refractivity (Wildman–Crippen MR) is 108 cm³/mol.